The minimum Gasteiger partial charge on any atom is -0.368 e. The molecule has 7 nitrogen and oxygen atoms in total. The zero-order valence-corrected chi connectivity index (χ0v) is 21.3. The minimum atomic E-state index is -0.232. The Kier molecular flexibility index (Phi) is 7.55. The van der Waals surface area contributed by atoms with Gasteiger partial charge in [-0.15, -0.1) is 0 Å². The molecule has 2 heterocycles. The van der Waals surface area contributed by atoms with Crippen LogP contribution in [0, 0.1) is 33.5 Å². The van der Waals surface area contributed by atoms with Crippen molar-refractivity contribution in [3.8, 4) is 0 Å². The summed E-state index contributed by atoms with van der Waals surface area (Å²) in [5.41, 5.74) is 5.99. The van der Waals surface area contributed by atoms with Gasteiger partial charge >= 0.3 is 0 Å². The third-order valence-electron chi connectivity index (χ3n) is 6.03. The molecule has 0 atom stereocenters. The molecule has 9 heteroatoms. The molecule has 1 fully saturated rings. The predicted octanol–water partition coefficient (Wildman–Crippen LogP) is 4.84. The van der Waals surface area contributed by atoms with E-state index < -0.39 is 0 Å². The molecule has 1 aliphatic rings. The van der Waals surface area contributed by atoms with Crippen LogP contribution in [0.1, 0.15) is 22.5 Å². The highest BCUT2D eigenvalue weighted by atomic mass is 32.1. The number of hydrogen-bond acceptors (Lipinski definition) is 4. The molecular formula is C26H30FN7S. The van der Waals surface area contributed by atoms with Crippen molar-refractivity contribution in [3.63, 3.8) is 0 Å². The van der Waals surface area contributed by atoms with Gasteiger partial charge < -0.3 is 15.1 Å². The van der Waals surface area contributed by atoms with Gasteiger partial charge in [0.15, 0.2) is 0 Å². The molecule has 0 unspecified atom stereocenters. The average Bonchev–Trinajstić information content (AvgIpc) is 2.82. The smallest absolute Gasteiger partial charge is 0.229 e. The number of benzene rings is 2. The molecule has 4 rings (SSSR count). The van der Waals surface area contributed by atoms with E-state index in [0.717, 1.165) is 41.4 Å². The Hall–Kier alpha value is -3.59. The SMILES string of the molecule is Cc1cc(C)nc(N/C(=N/C(=S)Nc2cccc(C)c2C)N2CCN(c3ccc(F)cc3)CC2)n1. The molecule has 0 amide bonds. The van der Waals surface area contributed by atoms with Gasteiger partial charge in [0, 0.05) is 48.9 Å². The summed E-state index contributed by atoms with van der Waals surface area (Å²) in [6, 6.07) is 14.6. The lowest BCUT2D eigenvalue weighted by Crippen LogP contribution is -2.51. The fourth-order valence-corrected chi connectivity index (χ4v) is 4.21. The van der Waals surface area contributed by atoms with Crippen molar-refractivity contribution in [3.05, 3.63) is 76.9 Å². The number of hydrogen-bond donors (Lipinski definition) is 2. The van der Waals surface area contributed by atoms with Crippen LogP contribution in [0.25, 0.3) is 0 Å². The fraction of sp³-hybridized carbons (Fsp3) is 0.308. The number of aliphatic imine (C=N–C) groups is 1. The average molecular weight is 492 g/mol. The number of aryl methyl sites for hydroxylation is 3. The maximum atomic E-state index is 13.3. The molecule has 0 spiro atoms. The molecule has 1 aliphatic heterocycles. The first-order valence-corrected chi connectivity index (χ1v) is 12.0. The summed E-state index contributed by atoms with van der Waals surface area (Å²) in [5, 5.41) is 6.91. The highest BCUT2D eigenvalue weighted by molar-refractivity contribution is 7.80. The Morgan fingerprint density at radius 3 is 2.23 bits per heavy atom. The van der Waals surface area contributed by atoms with E-state index in [1.807, 2.05) is 44.2 Å². The molecule has 35 heavy (non-hydrogen) atoms. The monoisotopic (exact) mass is 491 g/mol. The van der Waals surface area contributed by atoms with Crippen LogP contribution in [-0.4, -0.2) is 52.1 Å². The second kappa shape index (κ2) is 10.8. The Morgan fingerprint density at radius 2 is 1.57 bits per heavy atom. The molecule has 1 saturated heterocycles. The largest absolute Gasteiger partial charge is 0.368 e. The molecular weight excluding hydrogens is 461 g/mol. The molecule has 182 valence electrons. The summed E-state index contributed by atoms with van der Waals surface area (Å²) in [5.74, 6) is 0.845. The predicted molar refractivity (Wildman–Crippen MR) is 145 cm³/mol. The van der Waals surface area contributed by atoms with Gasteiger partial charge in [-0.05, 0) is 87.4 Å². The van der Waals surface area contributed by atoms with E-state index in [1.54, 1.807) is 0 Å². The van der Waals surface area contributed by atoms with Crippen molar-refractivity contribution in [2.75, 3.05) is 41.7 Å². The standard InChI is InChI=1S/C26H30FN7S/c1-17-6-5-7-23(20(17)4)30-26(35)32-25(31-24-28-18(2)16-19(3)29-24)34-14-12-33(13-15-34)22-10-8-21(27)9-11-22/h5-11,16H,12-15H2,1-4H3,(H2,28,29,30,31,32,35). The van der Waals surface area contributed by atoms with Crippen LogP contribution < -0.4 is 15.5 Å². The Balaban J connectivity index is 1.54. The van der Waals surface area contributed by atoms with Gasteiger partial charge in [0.25, 0.3) is 0 Å². The summed E-state index contributed by atoms with van der Waals surface area (Å²) >= 11 is 5.61. The lowest BCUT2D eigenvalue weighted by molar-refractivity contribution is 0.385. The van der Waals surface area contributed by atoms with E-state index in [2.05, 4.69) is 50.3 Å². The van der Waals surface area contributed by atoms with Gasteiger partial charge in [0.1, 0.15) is 5.82 Å². The van der Waals surface area contributed by atoms with Crippen LogP contribution in [0.15, 0.2) is 53.5 Å². The van der Waals surface area contributed by atoms with Gasteiger partial charge in [0.05, 0.1) is 0 Å². The second-order valence-electron chi connectivity index (χ2n) is 8.66. The highest BCUT2D eigenvalue weighted by Gasteiger charge is 2.22. The zero-order valence-electron chi connectivity index (χ0n) is 20.5. The van der Waals surface area contributed by atoms with E-state index in [9.17, 15) is 4.39 Å². The van der Waals surface area contributed by atoms with Crippen LogP contribution in [0.4, 0.5) is 21.7 Å². The van der Waals surface area contributed by atoms with E-state index >= 15 is 0 Å². The molecule has 0 saturated carbocycles. The quantitative estimate of drug-likeness (QED) is 0.309. The normalized spacial score (nSPS) is 14.1. The van der Waals surface area contributed by atoms with Crippen molar-refractivity contribution >= 4 is 40.6 Å². The third kappa shape index (κ3) is 6.30. The Morgan fingerprint density at radius 1 is 0.914 bits per heavy atom. The number of halogens is 1. The molecule has 2 N–H and O–H groups in total. The van der Waals surface area contributed by atoms with E-state index in [1.165, 1.54) is 17.7 Å². The fourth-order valence-electron chi connectivity index (χ4n) is 4.01. The first kappa shape index (κ1) is 24.5. The van der Waals surface area contributed by atoms with Gasteiger partial charge in [0.2, 0.25) is 17.0 Å². The van der Waals surface area contributed by atoms with Crippen LogP contribution in [0.5, 0.6) is 0 Å². The van der Waals surface area contributed by atoms with Gasteiger partial charge in [-0.25, -0.2) is 14.4 Å². The number of anilines is 3. The number of piperazine rings is 1. The Labute approximate surface area is 211 Å². The summed E-state index contributed by atoms with van der Waals surface area (Å²) < 4.78 is 13.3. The van der Waals surface area contributed by atoms with E-state index in [0.29, 0.717) is 30.1 Å². The third-order valence-corrected chi connectivity index (χ3v) is 6.22. The number of nitrogens with one attached hydrogen (secondary N) is 2. The van der Waals surface area contributed by atoms with E-state index in [-0.39, 0.29) is 5.82 Å². The molecule has 0 radical (unpaired) electrons. The molecule has 0 bridgehead atoms. The van der Waals surface area contributed by atoms with Crippen molar-refractivity contribution in [2.45, 2.75) is 27.7 Å². The number of rotatable bonds is 3. The lowest BCUT2D eigenvalue weighted by Gasteiger charge is -2.37. The van der Waals surface area contributed by atoms with Gasteiger partial charge in [-0.1, -0.05) is 12.1 Å². The number of aromatic nitrogens is 2. The summed E-state index contributed by atoms with van der Waals surface area (Å²) in [6.07, 6.45) is 0. The number of thiocarbonyl (C=S) groups is 1. The van der Waals surface area contributed by atoms with Crippen LogP contribution in [-0.2, 0) is 0 Å². The number of nitrogens with zero attached hydrogens (tertiary/aromatic N) is 5. The lowest BCUT2D eigenvalue weighted by atomic mass is 10.1. The zero-order chi connectivity index (χ0) is 24.9. The first-order chi connectivity index (χ1) is 16.8. The number of guanidine groups is 1. The Bertz CT molecular complexity index is 1210. The van der Waals surface area contributed by atoms with Crippen molar-refractivity contribution < 1.29 is 4.39 Å². The van der Waals surface area contributed by atoms with Crippen LogP contribution in [0.2, 0.25) is 0 Å². The minimum absolute atomic E-state index is 0.232. The van der Waals surface area contributed by atoms with Crippen LogP contribution >= 0.6 is 12.2 Å². The maximum Gasteiger partial charge on any atom is 0.229 e. The van der Waals surface area contributed by atoms with Crippen molar-refractivity contribution in [1.29, 1.82) is 0 Å². The maximum absolute atomic E-state index is 13.3. The molecule has 3 aromatic rings. The summed E-state index contributed by atoms with van der Waals surface area (Å²) in [7, 11) is 0. The van der Waals surface area contributed by atoms with Gasteiger partial charge in [-0.3, -0.25) is 5.32 Å². The molecule has 1 aromatic heterocycles. The molecule has 0 aliphatic carbocycles. The highest BCUT2D eigenvalue weighted by Crippen LogP contribution is 2.19. The van der Waals surface area contributed by atoms with Crippen molar-refractivity contribution in [2.24, 2.45) is 4.99 Å². The van der Waals surface area contributed by atoms with E-state index in [4.69, 9.17) is 17.2 Å². The van der Waals surface area contributed by atoms with Crippen LogP contribution in [0.3, 0.4) is 0 Å². The molecule has 2 aromatic carbocycles. The summed E-state index contributed by atoms with van der Waals surface area (Å²) in [6.45, 7) is 10.9. The second-order valence-corrected chi connectivity index (χ2v) is 9.05. The topological polar surface area (TPSA) is 68.7 Å². The first-order valence-electron chi connectivity index (χ1n) is 11.6. The van der Waals surface area contributed by atoms with Crippen molar-refractivity contribution in [1.82, 2.24) is 14.9 Å². The van der Waals surface area contributed by atoms with Gasteiger partial charge in [-0.2, -0.15) is 4.99 Å². The summed E-state index contributed by atoms with van der Waals surface area (Å²) in [4.78, 5) is 18.1.